The van der Waals surface area contributed by atoms with E-state index in [1.807, 2.05) is 19.9 Å². The van der Waals surface area contributed by atoms with Crippen LogP contribution in [0.1, 0.15) is 90.3 Å². The summed E-state index contributed by atoms with van der Waals surface area (Å²) in [5.41, 5.74) is 6.33. The fraction of sp³-hybridized carbons (Fsp3) is 0.583. The molecule has 0 heterocycles. The van der Waals surface area contributed by atoms with Gasteiger partial charge >= 0.3 is 0 Å². The van der Waals surface area contributed by atoms with E-state index in [0.29, 0.717) is 5.75 Å². The zero-order valence-electron chi connectivity index (χ0n) is 17.7. The maximum atomic E-state index is 10.4. The Hall–Kier alpha value is -1.50. The molecule has 1 heteroatoms. The summed E-state index contributed by atoms with van der Waals surface area (Å²) in [6, 6.07) is 4.21. The van der Waals surface area contributed by atoms with Crippen LogP contribution in [0.5, 0.6) is 5.75 Å². The van der Waals surface area contributed by atoms with Gasteiger partial charge in [-0.05, 0) is 77.0 Å². The summed E-state index contributed by atoms with van der Waals surface area (Å²) in [6.07, 6.45) is 12.3. The first-order chi connectivity index (χ1) is 11.9. The molecule has 0 amide bonds. The second kappa shape index (κ2) is 13.8. The molecule has 0 fully saturated rings. The Morgan fingerprint density at radius 3 is 2.28 bits per heavy atom. The van der Waals surface area contributed by atoms with Gasteiger partial charge in [-0.25, -0.2) is 0 Å². The molecule has 0 saturated carbocycles. The van der Waals surface area contributed by atoms with Crippen LogP contribution in [0.4, 0.5) is 0 Å². The summed E-state index contributed by atoms with van der Waals surface area (Å²) in [6.45, 7) is 14.8. The topological polar surface area (TPSA) is 20.2 Å². The van der Waals surface area contributed by atoms with Crippen LogP contribution in [0.25, 0.3) is 0 Å². The summed E-state index contributed by atoms with van der Waals surface area (Å²) < 4.78 is 0. The average molecular weight is 345 g/mol. The van der Waals surface area contributed by atoms with E-state index in [9.17, 15) is 5.11 Å². The van der Waals surface area contributed by atoms with Crippen molar-refractivity contribution in [3.05, 3.63) is 52.1 Å². The highest BCUT2D eigenvalue weighted by Gasteiger charge is 2.06. The molecule has 0 saturated heterocycles. The van der Waals surface area contributed by atoms with Gasteiger partial charge in [0.25, 0.3) is 0 Å². The van der Waals surface area contributed by atoms with Crippen LogP contribution >= 0.6 is 0 Å². The number of unbranched alkanes of at least 4 members (excludes halogenated alkanes) is 2. The van der Waals surface area contributed by atoms with Crippen LogP contribution in [-0.4, -0.2) is 5.11 Å². The molecule has 0 atom stereocenters. The predicted molar refractivity (Wildman–Crippen MR) is 114 cm³/mol. The molecule has 0 unspecified atom stereocenters. The SMILES string of the molecule is CC.CCCCCc1cc(C)c(C/C=C(\C)CCC=C(C)C)c(O)c1. The van der Waals surface area contributed by atoms with Crippen molar-refractivity contribution in [3.8, 4) is 5.75 Å². The van der Waals surface area contributed by atoms with E-state index in [1.54, 1.807) is 0 Å². The number of hydrogen-bond donors (Lipinski definition) is 1. The molecule has 142 valence electrons. The molecular formula is C24H40O. The van der Waals surface area contributed by atoms with E-state index >= 15 is 0 Å². The standard InChI is InChI=1S/C22H34O.C2H6/c1-6-7-8-12-20-15-19(5)21(22(23)16-20)14-13-18(4)11-9-10-17(2)3;1-2/h10,13,15-16,23H,6-9,11-12,14H2,1-5H3;1-2H3/b18-13+;. The number of aromatic hydroxyl groups is 1. The molecule has 0 bridgehead atoms. The van der Waals surface area contributed by atoms with E-state index in [4.69, 9.17) is 0 Å². The maximum absolute atomic E-state index is 10.4. The predicted octanol–water partition coefficient (Wildman–Crippen LogP) is 7.69. The Balaban J connectivity index is 0.00000277. The zero-order chi connectivity index (χ0) is 19.2. The molecule has 0 spiro atoms. The van der Waals surface area contributed by atoms with Crippen molar-refractivity contribution >= 4 is 0 Å². The van der Waals surface area contributed by atoms with Crippen molar-refractivity contribution in [1.82, 2.24) is 0 Å². The van der Waals surface area contributed by atoms with Crippen LogP contribution < -0.4 is 0 Å². The smallest absolute Gasteiger partial charge is 0.119 e. The molecule has 0 aliphatic heterocycles. The fourth-order valence-corrected chi connectivity index (χ4v) is 2.83. The number of allylic oxidation sites excluding steroid dienone is 4. The van der Waals surface area contributed by atoms with E-state index in [0.717, 1.165) is 31.2 Å². The number of phenolic OH excluding ortho intramolecular Hbond substituents is 1. The van der Waals surface area contributed by atoms with Crippen molar-refractivity contribution in [2.24, 2.45) is 0 Å². The Labute approximate surface area is 156 Å². The molecule has 1 rings (SSSR count). The van der Waals surface area contributed by atoms with Crippen molar-refractivity contribution in [2.75, 3.05) is 0 Å². The van der Waals surface area contributed by atoms with Gasteiger partial charge < -0.3 is 5.11 Å². The largest absolute Gasteiger partial charge is 0.508 e. The molecule has 1 aromatic carbocycles. The Bertz CT molecular complexity index is 522. The van der Waals surface area contributed by atoms with Gasteiger partial charge in [-0.2, -0.15) is 0 Å². The van der Waals surface area contributed by atoms with Gasteiger partial charge in [-0.3, -0.25) is 0 Å². The summed E-state index contributed by atoms with van der Waals surface area (Å²) >= 11 is 0. The molecule has 0 aliphatic carbocycles. The van der Waals surface area contributed by atoms with Gasteiger partial charge in [0.1, 0.15) is 5.75 Å². The van der Waals surface area contributed by atoms with Crippen molar-refractivity contribution in [3.63, 3.8) is 0 Å². The summed E-state index contributed by atoms with van der Waals surface area (Å²) in [4.78, 5) is 0. The van der Waals surface area contributed by atoms with Gasteiger partial charge in [0, 0.05) is 5.56 Å². The monoisotopic (exact) mass is 344 g/mol. The van der Waals surface area contributed by atoms with Gasteiger partial charge in [0.05, 0.1) is 0 Å². The Morgan fingerprint density at radius 1 is 1.04 bits per heavy atom. The van der Waals surface area contributed by atoms with Crippen molar-refractivity contribution in [2.45, 2.75) is 93.4 Å². The highest BCUT2D eigenvalue weighted by molar-refractivity contribution is 5.43. The lowest BCUT2D eigenvalue weighted by Gasteiger charge is -2.11. The summed E-state index contributed by atoms with van der Waals surface area (Å²) in [5, 5.41) is 10.4. The minimum Gasteiger partial charge on any atom is -0.508 e. The van der Waals surface area contributed by atoms with Gasteiger partial charge in [-0.1, -0.05) is 63.0 Å². The van der Waals surface area contributed by atoms with E-state index in [-0.39, 0.29) is 0 Å². The molecule has 1 aromatic rings. The minimum atomic E-state index is 0.463. The lowest BCUT2D eigenvalue weighted by Crippen LogP contribution is -1.94. The van der Waals surface area contributed by atoms with Crippen LogP contribution in [0.2, 0.25) is 0 Å². The minimum absolute atomic E-state index is 0.463. The van der Waals surface area contributed by atoms with Crippen LogP contribution in [0.3, 0.4) is 0 Å². The normalized spacial score (nSPS) is 10.9. The third-order valence-corrected chi connectivity index (χ3v) is 4.32. The molecule has 0 aliphatic rings. The molecular weight excluding hydrogens is 304 g/mol. The van der Waals surface area contributed by atoms with Crippen LogP contribution in [0, 0.1) is 6.92 Å². The Kier molecular flexibility index (Phi) is 12.9. The van der Waals surface area contributed by atoms with Crippen molar-refractivity contribution in [1.29, 1.82) is 0 Å². The lowest BCUT2D eigenvalue weighted by atomic mass is 9.97. The first-order valence-electron chi connectivity index (χ1n) is 10.0. The summed E-state index contributed by atoms with van der Waals surface area (Å²) in [5.74, 6) is 0.463. The molecule has 0 aromatic heterocycles. The third kappa shape index (κ3) is 10.2. The average Bonchev–Trinajstić information content (AvgIpc) is 2.56. The number of aryl methyl sites for hydroxylation is 2. The second-order valence-corrected chi connectivity index (χ2v) is 6.94. The summed E-state index contributed by atoms with van der Waals surface area (Å²) in [7, 11) is 0. The maximum Gasteiger partial charge on any atom is 0.119 e. The van der Waals surface area contributed by atoms with Crippen LogP contribution in [-0.2, 0) is 12.8 Å². The lowest BCUT2D eigenvalue weighted by molar-refractivity contribution is 0.468. The molecule has 25 heavy (non-hydrogen) atoms. The van der Waals surface area contributed by atoms with E-state index in [1.165, 1.54) is 41.5 Å². The molecule has 1 N–H and O–H groups in total. The van der Waals surface area contributed by atoms with Gasteiger partial charge in [-0.15, -0.1) is 0 Å². The van der Waals surface area contributed by atoms with Gasteiger partial charge in [0.2, 0.25) is 0 Å². The number of benzene rings is 1. The number of phenols is 1. The number of hydrogen-bond acceptors (Lipinski definition) is 1. The fourth-order valence-electron chi connectivity index (χ4n) is 2.83. The second-order valence-electron chi connectivity index (χ2n) is 6.94. The third-order valence-electron chi connectivity index (χ3n) is 4.32. The number of rotatable bonds is 9. The zero-order valence-corrected chi connectivity index (χ0v) is 17.7. The van der Waals surface area contributed by atoms with Crippen LogP contribution in [0.15, 0.2) is 35.4 Å². The molecule has 0 radical (unpaired) electrons. The van der Waals surface area contributed by atoms with E-state index in [2.05, 4.69) is 52.8 Å². The first kappa shape index (κ1) is 23.5. The van der Waals surface area contributed by atoms with Crippen molar-refractivity contribution < 1.29 is 5.11 Å². The first-order valence-corrected chi connectivity index (χ1v) is 10.0. The Morgan fingerprint density at radius 2 is 1.72 bits per heavy atom. The highest BCUT2D eigenvalue weighted by atomic mass is 16.3. The quantitative estimate of drug-likeness (QED) is 0.359. The van der Waals surface area contributed by atoms with E-state index < -0.39 is 0 Å². The highest BCUT2D eigenvalue weighted by Crippen LogP contribution is 2.26. The molecule has 1 nitrogen and oxygen atoms in total. The van der Waals surface area contributed by atoms with Gasteiger partial charge in [0.15, 0.2) is 0 Å².